The number of halogens is 2. The molecule has 1 N–H and O–H groups in total. The lowest BCUT2D eigenvalue weighted by molar-refractivity contribution is -0.0703. The van der Waals surface area contributed by atoms with E-state index in [2.05, 4.69) is 15.3 Å². The summed E-state index contributed by atoms with van der Waals surface area (Å²) >= 11 is 0. The van der Waals surface area contributed by atoms with Crippen LogP contribution in [0.1, 0.15) is 53.3 Å². The number of carbonyl (C=O) groups excluding carboxylic acids is 1. The number of amides is 1. The third-order valence-corrected chi connectivity index (χ3v) is 7.04. The standard InChI is InChI=1S/C26H36F2N6O/c1-19-18-33(24-7-4-6-23(31-24)25(35)30-21-8-12-29-13-9-21)14-5-15-34(19)22-10-16-32(17-11-22)20(2)26(3,27)28/h4,6-9,12-13,19-20,22H,5,10-11,14-18H2,1-3H3,(H,29,30,35)/t19?,20-/m0/s1/i15D2. The molecule has 2 fully saturated rings. The predicted octanol–water partition coefficient (Wildman–Crippen LogP) is 4.14. The molecule has 2 atom stereocenters. The average molecular weight is 489 g/mol. The highest BCUT2D eigenvalue weighted by Gasteiger charge is 2.38. The van der Waals surface area contributed by atoms with Gasteiger partial charge in [-0.25, -0.2) is 13.8 Å². The highest BCUT2D eigenvalue weighted by atomic mass is 19.3. The molecule has 2 aliphatic heterocycles. The fourth-order valence-electron chi connectivity index (χ4n) is 4.89. The summed E-state index contributed by atoms with van der Waals surface area (Å²) in [5.41, 5.74) is 0.905. The van der Waals surface area contributed by atoms with E-state index < -0.39 is 18.5 Å². The number of anilines is 2. The van der Waals surface area contributed by atoms with Gasteiger partial charge in [0, 0.05) is 72.5 Å². The first-order valence-electron chi connectivity index (χ1n) is 13.3. The minimum atomic E-state index is -2.77. The summed E-state index contributed by atoms with van der Waals surface area (Å²) in [4.78, 5) is 27.1. The Hall–Kier alpha value is -2.65. The predicted molar refractivity (Wildman–Crippen MR) is 134 cm³/mol. The van der Waals surface area contributed by atoms with E-state index in [4.69, 9.17) is 2.74 Å². The number of aromatic nitrogens is 2. The minimum absolute atomic E-state index is 0.0238. The van der Waals surface area contributed by atoms with Gasteiger partial charge in [0.05, 0.1) is 6.04 Å². The van der Waals surface area contributed by atoms with Gasteiger partial charge in [-0.3, -0.25) is 19.6 Å². The highest BCUT2D eigenvalue weighted by Crippen LogP contribution is 2.28. The maximum absolute atomic E-state index is 13.8. The third-order valence-electron chi connectivity index (χ3n) is 7.04. The molecular weight excluding hydrogens is 450 g/mol. The van der Waals surface area contributed by atoms with Crippen molar-refractivity contribution in [1.82, 2.24) is 19.8 Å². The molecular formula is C26H36F2N6O. The monoisotopic (exact) mass is 488 g/mol. The Labute approximate surface area is 209 Å². The van der Waals surface area contributed by atoms with Crippen LogP contribution in [-0.2, 0) is 0 Å². The van der Waals surface area contributed by atoms with Crippen molar-refractivity contribution in [1.29, 1.82) is 0 Å². The van der Waals surface area contributed by atoms with Crippen LogP contribution < -0.4 is 10.2 Å². The Bertz CT molecular complexity index is 1060. The molecule has 1 unspecified atom stereocenters. The van der Waals surface area contributed by atoms with Crippen molar-refractivity contribution in [3.8, 4) is 0 Å². The molecule has 0 radical (unpaired) electrons. The maximum atomic E-state index is 13.8. The van der Waals surface area contributed by atoms with Gasteiger partial charge in [-0.1, -0.05) is 6.07 Å². The molecule has 4 heterocycles. The number of nitrogens with zero attached hydrogens (tertiary/aromatic N) is 5. The van der Waals surface area contributed by atoms with Gasteiger partial charge in [0.1, 0.15) is 11.5 Å². The van der Waals surface area contributed by atoms with Gasteiger partial charge in [-0.15, -0.1) is 0 Å². The van der Waals surface area contributed by atoms with E-state index >= 15 is 0 Å². The number of rotatable bonds is 6. The van der Waals surface area contributed by atoms with Crippen molar-refractivity contribution in [3.63, 3.8) is 0 Å². The van der Waals surface area contributed by atoms with E-state index in [-0.39, 0.29) is 30.1 Å². The van der Waals surface area contributed by atoms with E-state index in [1.54, 1.807) is 43.6 Å². The van der Waals surface area contributed by atoms with Crippen molar-refractivity contribution in [2.45, 2.75) is 64.1 Å². The normalized spacial score (nSPS) is 24.3. The Balaban J connectivity index is 1.45. The number of pyridine rings is 2. The van der Waals surface area contributed by atoms with E-state index in [0.717, 1.165) is 6.92 Å². The second-order valence-electron chi connectivity index (χ2n) is 9.58. The molecule has 0 bridgehead atoms. The van der Waals surface area contributed by atoms with Gasteiger partial charge in [-0.2, -0.15) is 0 Å². The lowest BCUT2D eigenvalue weighted by Gasteiger charge is -2.43. The van der Waals surface area contributed by atoms with Crippen LogP contribution in [0.25, 0.3) is 0 Å². The molecule has 4 rings (SSSR count). The van der Waals surface area contributed by atoms with Gasteiger partial charge >= 0.3 is 0 Å². The first-order chi connectivity index (χ1) is 17.5. The number of nitrogens with one attached hydrogen (secondary N) is 1. The summed E-state index contributed by atoms with van der Waals surface area (Å²) in [6, 6.07) is 7.69. The quantitative estimate of drug-likeness (QED) is 0.660. The number of hydrogen-bond acceptors (Lipinski definition) is 6. The summed E-state index contributed by atoms with van der Waals surface area (Å²) in [5, 5.41) is 2.81. The van der Waals surface area contributed by atoms with Crippen LogP contribution in [0, 0.1) is 0 Å². The van der Waals surface area contributed by atoms with E-state index in [1.165, 1.54) is 0 Å². The van der Waals surface area contributed by atoms with Crippen molar-refractivity contribution < 1.29 is 16.3 Å². The summed E-state index contributed by atoms with van der Waals surface area (Å²) in [5.74, 6) is -2.47. The second-order valence-corrected chi connectivity index (χ2v) is 9.58. The minimum Gasteiger partial charge on any atom is -0.355 e. The molecule has 2 aliphatic rings. The Morgan fingerprint density at radius 2 is 1.91 bits per heavy atom. The molecule has 0 saturated carbocycles. The number of piperidine rings is 1. The lowest BCUT2D eigenvalue weighted by Crippen LogP contribution is -2.53. The van der Waals surface area contributed by atoms with Crippen LogP contribution in [0.4, 0.5) is 20.3 Å². The van der Waals surface area contributed by atoms with E-state index in [0.29, 0.717) is 50.5 Å². The van der Waals surface area contributed by atoms with Crippen LogP contribution >= 0.6 is 0 Å². The van der Waals surface area contributed by atoms with Gasteiger partial charge in [0.25, 0.3) is 11.8 Å². The molecule has 2 aromatic rings. The van der Waals surface area contributed by atoms with Gasteiger partial charge in [0.2, 0.25) is 0 Å². The van der Waals surface area contributed by atoms with Crippen molar-refractivity contribution in [2.24, 2.45) is 0 Å². The van der Waals surface area contributed by atoms with Gasteiger partial charge < -0.3 is 10.2 Å². The summed E-state index contributed by atoms with van der Waals surface area (Å²) in [7, 11) is 0. The topological polar surface area (TPSA) is 64.6 Å². The molecule has 2 aromatic heterocycles. The van der Waals surface area contributed by atoms with Crippen molar-refractivity contribution in [2.75, 3.05) is 42.9 Å². The number of likely N-dealkylation sites (tertiary alicyclic amines) is 1. The van der Waals surface area contributed by atoms with Gasteiger partial charge in [0.15, 0.2) is 0 Å². The molecule has 0 spiro atoms. The zero-order valence-corrected chi connectivity index (χ0v) is 20.6. The Morgan fingerprint density at radius 3 is 2.60 bits per heavy atom. The molecule has 190 valence electrons. The molecule has 2 saturated heterocycles. The van der Waals surface area contributed by atoms with Crippen LogP contribution in [0.2, 0.25) is 0 Å². The fourth-order valence-corrected chi connectivity index (χ4v) is 4.89. The lowest BCUT2D eigenvalue weighted by atomic mass is 9.98. The third kappa shape index (κ3) is 6.32. The molecule has 1 amide bonds. The first kappa shape index (κ1) is 22.8. The molecule has 9 heteroatoms. The maximum Gasteiger partial charge on any atom is 0.274 e. The number of carbonyl (C=O) groups is 1. The highest BCUT2D eigenvalue weighted by molar-refractivity contribution is 6.03. The van der Waals surface area contributed by atoms with Gasteiger partial charge in [-0.05, 0) is 57.4 Å². The largest absolute Gasteiger partial charge is 0.355 e. The fraction of sp³-hybridized carbons (Fsp3) is 0.577. The number of alkyl halides is 2. The van der Waals surface area contributed by atoms with Crippen molar-refractivity contribution >= 4 is 17.4 Å². The SMILES string of the molecule is [2H]C1([2H])CCN(c2cccc(C(=O)Nc3ccncc3)n2)CC(C)N1C1CCN([C@@H](C)C(C)(F)F)CC1. The summed E-state index contributed by atoms with van der Waals surface area (Å²) in [6.45, 7) is 5.02. The Kier molecular flexibility index (Phi) is 7.13. The first-order valence-corrected chi connectivity index (χ1v) is 12.3. The van der Waals surface area contributed by atoms with E-state index in [9.17, 15) is 13.6 Å². The zero-order chi connectivity index (χ0) is 26.8. The molecule has 35 heavy (non-hydrogen) atoms. The number of hydrogen-bond donors (Lipinski definition) is 1. The van der Waals surface area contributed by atoms with Crippen LogP contribution in [0.3, 0.4) is 0 Å². The van der Waals surface area contributed by atoms with E-state index in [1.807, 2.05) is 27.7 Å². The van der Waals surface area contributed by atoms with Crippen molar-refractivity contribution in [3.05, 3.63) is 48.4 Å². The molecule has 7 nitrogen and oxygen atoms in total. The van der Waals surface area contributed by atoms with Crippen LogP contribution in [0.15, 0.2) is 42.7 Å². The smallest absolute Gasteiger partial charge is 0.274 e. The second kappa shape index (κ2) is 11.0. The summed E-state index contributed by atoms with van der Waals surface area (Å²) in [6.07, 6.45) is 4.76. The van der Waals surface area contributed by atoms with Crippen LogP contribution in [0.5, 0.6) is 0 Å². The van der Waals surface area contributed by atoms with Crippen LogP contribution in [-0.4, -0.2) is 82.4 Å². The Morgan fingerprint density at radius 1 is 1.20 bits per heavy atom. The summed E-state index contributed by atoms with van der Waals surface area (Å²) < 4.78 is 45.4. The molecule has 0 aromatic carbocycles. The average Bonchev–Trinajstić information content (AvgIpc) is 2.98. The molecule has 0 aliphatic carbocycles. The zero-order valence-electron chi connectivity index (χ0n) is 22.6.